The Morgan fingerprint density at radius 3 is 2.72 bits per heavy atom. The molecule has 0 aliphatic carbocycles. The highest BCUT2D eigenvalue weighted by atomic mass is 32.2. The molecule has 7 heteroatoms. The molecule has 6 nitrogen and oxygen atoms in total. The maximum Gasteiger partial charge on any atom is 0.347 e. The number of rotatable bonds is 6. The first kappa shape index (κ1) is 17.5. The van der Waals surface area contributed by atoms with E-state index in [1.807, 2.05) is 17.8 Å². The summed E-state index contributed by atoms with van der Waals surface area (Å²) in [4.78, 5) is 16.6. The number of thioether (sulfide) groups is 1. The Morgan fingerprint density at radius 1 is 1.24 bits per heavy atom. The van der Waals surface area contributed by atoms with Gasteiger partial charge in [0.1, 0.15) is 0 Å². The summed E-state index contributed by atoms with van der Waals surface area (Å²) in [6.45, 7) is 6.98. The van der Waals surface area contributed by atoms with Crippen LogP contribution in [0.15, 0.2) is 41.3 Å². The minimum Gasteiger partial charge on any atom is -0.366 e. The van der Waals surface area contributed by atoms with Gasteiger partial charge in [-0.2, -0.15) is 11.8 Å². The molecule has 3 aromatic rings. The van der Waals surface area contributed by atoms with Crippen molar-refractivity contribution in [2.45, 2.75) is 31.9 Å². The number of nitrogens with one attached hydrogen (secondary N) is 2. The zero-order chi connectivity index (χ0) is 17.9. The second-order valence-corrected chi connectivity index (χ2v) is 8.02. The minimum atomic E-state index is -0.246. The van der Waals surface area contributed by atoms with Gasteiger partial charge in [-0.3, -0.25) is 0 Å². The molecule has 0 atom stereocenters. The van der Waals surface area contributed by atoms with Crippen molar-refractivity contribution in [2.24, 2.45) is 0 Å². The van der Waals surface area contributed by atoms with Crippen molar-refractivity contribution in [1.29, 1.82) is 0 Å². The fraction of sp³-hybridized carbons (Fsp3) is 0.389. The van der Waals surface area contributed by atoms with Gasteiger partial charge < -0.3 is 5.32 Å². The van der Waals surface area contributed by atoms with Gasteiger partial charge in [0, 0.05) is 29.7 Å². The normalized spacial score (nSPS) is 11.8. The lowest BCUT2D eigenvalue weighted by molar-refractivity contribution is 0.565. The number of hydrogen-bond donors (Lipinski definition) is 2. The largest absolute Gasteiger partial charge is 0.366 e. The van der Waals surface area contributed by atoms with E-state index in [1.165, 1.54) is 9.96 Å². The number of aromatic amines is 1. The quantitative estimate of drug-likeness (QED) is 0.663. The molecule has 2 aromatic heterocycles. The molecule has 132 valence electrons. The van der Waals surface area contributed by atoms with Crippen molar-refractivity contribution in [3.05, 3.63) is 58.3 Å². The van der Waals surface area contributed by atoms with Gasteiger partial charge >= 0.3 is 5.69 Å². The lowest BCUT2D eigenvalue weighted by Crippen LogP contribution is -2.20. The van der Waals surface area contributed by atoms with Gasteiger partial charge in [-0.1, -0.05) is 51.1 Å². The first-order chi connectivity index (χ1) is 11.9. The average molecular weight is 357 g/mol. The third-order valence-corrected chi connectivity index (χ3v) is 4.85. The van der Waals surface area contributed by atoms with E-state index in [2.05, 4.69) is 65.5 Å². The predicted molar refractivity (Wildman–Crippen MR) is 103 cm³/mol. The summed E-state index contributed by atoms with van der Waals surface area (Å²) >= 11 is 1.86. The van der Waals surface area contributed by atoms with Crippen LogP contribution in [0.2, 0.25) is 0 Å². The van der Waals surface area contributed by atoms with Crippen LogP contribution in [-0.2, 0) is 11.2 Å². The van der Waals surface area contributed by atoms with Crippen molar-refractivity contribution in [3.63, 3.8) is 0 Å². The topological polar surface area (TPSA) is 75.1 Å². The van der Waals surface area contributed by atoms with Crippen LogP contribution < -0.4 is 11.0 Å². The van der Waals surface area contributed by atoms with E-state index in [9.17, 15) is 4.79 Å². The molecular weight excluding hydrogens is 334 g/mol. The molecule has 1 aromatic carbocycles. The summed E-state index contributed by atoms with van der Waals surface area (Å²) in [6.07, 6.45) is 1.76. The van der Waals surface area contributed by atoms with Crippen LogP contribution in [0, 0.1) is 0 Å². The number of benzene rings is 1. The molecule has 3 rings (SSSR count). The van der Waals surface area contributed by atoms with E-state index in [1.54, 1.807) is 6.20 Å². The summed E-state index contributed by atoms with van der Waals surface area (Å²) in [5.41, 5.74) is 2.31. The van der Waals surface area contributed by atoms with Gasteiger partial charge in [0.2, 0.25) is 5.65 Å². The first-order valence-electron chi connectivity index (χ1n) is 8.29. The highest BCUT2D eigenvalue weighted by Gasteiger charge is 2.19. The Kier molecular flexibility index (Phi) is 5.13. The summed E-state index contributed by atoms with van der Waals surface area (Å²) in [6, 6.07) is 10.4. The smallest absolute Gasteiger partial charge is 0.347 e. The highest BCUT2D eigenvalue weighted by molar-refractivity contribution is 7.98. The Morgan fingerprint density at radius 2 is 2.00 bits per heavy atom. The van der Waals surface area contributed by atoms with Gasteiger partial charge in [-0.05, 0) is 5.56 Å². The molecule has 2 heterocycles. The van der Waals surface area contributed by atoms with Crippen LogP contribution in [0.3, 0.4) is 0 Å². The Balaban J connectivity index is 1.67. The van der Waals surface area contributed by atoms with Crippen molar-refractivity contribution in [3.8, 4) is 0 Å². The lowest BCUT2D eigenvalue weighted by atomic mass is 9.93. The van der Waals surface area contributed by atoms with E-state index in [-0.39, 0.29) is 11.1 Å². The zero-order valence-corrected chi connectivity index (χ0v) is 15.6. The fourth-order valence-corrected chi connectivity index (χ4v) is 3.22. The molecule has 0 unspecified atom stereocenters. The van der Waals surface area contributed by atoms with Crippen LogP contribution in [-0.4, -0.2) is 31.9 Å². The van der Waals surface area contributed by atoms with Crippen LogP contribution in [0.25, 0.3) is 5.65 Å². The zero-order valence-electron chi connectivity index (χ0n) is 14.7. The van der Waals surface area contributed by atoms with Gasteiger partial charge in [0.15, 0.2) is 5.82 Å². The molecule has 0 fully saturated rings. The van der Waals surface area contributed by atoms with E-state index in [0.717, 1.165) is 23.7 Å². The average Bonchev–Trinajstić information content (AvgIpc) is 2.96. The monoisotopic (exact) mass is 357 g/mol. The standard InChI is InChI=1S/C18H23N5OS/c1-18(2,3)14-11-23-16(21-22-17(23)24)15(20-14)19-9-10-25-12-13-7-5-4-6-8-13/h4-8,11H,9-10,12H2,1-3H3,(H,19,20)(H,22,24). The van der Waals surface area contributed by atoms with Gasteiger partial charge in [-0.25, -0.2) is 19.3 Å². The number of nitrogens with zero attached hydrogens (tertiary/aromatic N) is 3. The molecular formula is C18H23N5OS. The highest BCUT2D eigenvalue weighted by Crippen LogP contribution is 2.23. The molecule has 0 saturated heterocycles. The lowest BCUT2D eigenvalue weighted by Gasteiger charge is -2.19. The molecule has 0 saturated carbocycles. The molecule has 0 bridgehead atoms. The SMILES string of the molecule is CC(C)(C)c1cn2c(=O)[nH]nc2c(NCCSCc2ccccc2)n1. The van der Waals surface area contributed by atoms with Crippen molar-refractivity contribution >= 4 is 23.2 Å². The summed E-state index contributed by atoms with van der Waals surface area (Å²) < 4.78 is 1.52. The van der Waals surface area contributed by atoms with E-state index < -0.39 is 0 Å². The van der Waals surface area contributed by atoms with Crippen LogP contribution in [0.1, 0.15) is 32.0 Å². The first-order valence-corrected chi connectivity index (χ1v) is 9.44. The summed E-state index contributed by atoms with van der Waals surface area (Å²) in [7, 11) is 0. The molecule has 25 heavy (non-hydrogen) atoms. The van der Waals surface area contributed by atoms with E-state index >= 15 is 0 Å². The maximum atomic E-state index is 11.9. The molecule has 0 aliphatic rings. The van der Waals surface area contributed by atoms with Gasteiger partial charge in [0.05, 0.1) is 5.69 Å². The van der Waals surface area contributed by atoms with E-state index in [0.29, 0.717) is 11.5 Å². The van der Waals surface area contributed by atoms with Crippen LogP contribution in [0.4, 0.5) is 5.82 Å². The second-order valence-electron chi connectivity index (χ2n) is 6.91. The molecule has 0 radical (unpaired) electrons. The Bertz CT molecular complexity index is 895. The molecule has 0 aliphatic heterocycles. The van der Waals surface area contributed by atoms with Crippen molar-refractivity contribution in [2.75, 3.05) is 17.6 Å². The number of H-pyrrole nitrogens is 1. The van der Waals surface area contributed by atoms with Crippen LogP contribution in [0.5, 0.6) is 0 Å². The number of fused-ring (bicyclic) bond motifs is 1. The third-order valence-electron chi connectivity index (χ3n) is 3.82. The fourth-order valence-electron chi connectivity index (χ4n) is 2.40. The molecule has 2 N–H and O–H groups in total. The number of hydrogen-bond acceptors (Lipinski definition) is 5. The van der Waals surface area contributed by atoms with E-state index in [4.69, 9.17) is 0 Å². The number of anilines is 1. The molecule has 0 spiro atoms. The van der Waals surface area contributed by atoms with Gasteiger partial charge in [-0.15, -0.1) is 5.10 Å². The summed E-state index contributed by atoms with van der Waals surface area (Å²) in [5.74, 6) is 2.57. The summed E-state index contributed by atoms with van der Waals surface area (Å²) in [5, 5.41) is 9.90. The maximum absolute atomic E-state index is 11.9. The second kappa shape index (κ2) is 7.31. The molecule has 0 amide bonds. The Labute approximate surface area is 151 Å². The number of aromatic nitrogens is 4. The van der Waals surface area contributed by atoms with Crippen molar-refractivity contribution < 1.29 is 0 Å². The van der Waals surface area contributed by atoms with Crippen molar-refractivity contribution in [1.82, 2.24) is 19.6 Å². The Hall–Kier alpha value is -2.28. The van der Waals surface area contributed by atoms with Gasteiger partial charge in [0.25, 0.3) is 0 Å². The predicted octanol–water partition coefficient (Wildman–Crippen LogP) is 3.06. The van der Waals surface area contributed by atoms with Crippen LogP contribution >= 0.6 is 11.8 Å². The minimum absolute atomic E-state index is 0.149. The third kappa shape index (κ3) is 4.22.